The van der Waals surface area contributed by atoms with Crippen LogP contribution in [0.5, 0.6) is 11.5 Å². The molecule has 3 aromatic rings. The molecule has 1 amide bonds. The predicted molar refractivity (Wildman–Crippen MR) is 106 cm³/mol. The Morgan fingerprint density at radius 1 is 1.14 bits per heavy atom. The summed E-state index contributed by atoms with van der Waals surface area (Å²) in [6.45, 7) is 0.248. The molecular weight excluding hydrogens is 400 g/mol. The van der Waals surface area contributed by atoms with Crippen LogP contribution in [0.25, 0.3) is 0 Å². The minimum absolute atomic E-state index is 0.00642. The van der Waals surface area contributed by atoms with Crippen molar-refractivity contribution in [3.63, 3.8) is 0 Å². The standard InChI is InChI=1S/C20H15ClN2O4S/c21-13-2-4-14(5-3-13)26-10-19-23-17(11-28-19)20(25)27-15-6-7-16-12(9-15)1-8-18(24)22-16/h2-7,9,11H,1,8,10H2,(H,22,24). The first-order valence-corrected chi connectivity index (χ1v) is 9.80. The van der Waals surface area contributed by atoms with Gasteiger partial charge in [-0.25, -0.2) is 9.78 Å². The molecule has 1 N–H and O–H groups in total. The Labute approximate surface area is 170 Å². The molecule has 0 bridgehead atoms. The van der Waals surface area contributed by atoms with Crippen LogP contribution in [0, 0.1) is 0 Å². The van der Waals surface area contributed by atoms with Crippen LogP contribution in [-0.4, -0.2) is 16.9 Å². The van der Waals surface area contributed by atoms with Crippen molar-refractivity contribution in [1.82, 2.24) is 4.98 Å². The van der Waals surface area contributed by atoms with Gasteiger partial charge in [0.1, 0.15) is 23.1 Å². The second-order valence-electron chi connectivity index (χ2n) is 6.13. The van der Waals surface area contributed by atoms with Crippen LogP contribution in [0.1, 0.15) is 27.5 Å². The number of amides is 1. The highest BCUT2D eigenvalue weighted by Gasteiger charge is 2.18. The van der Waals surface area contributed by atoms with Crippen LogP contribution >= 0.6 is 22.9 Å². The highest BCUT2D eigenvalue weighted by atomic mass is 35.5. The number of fused-ring (bicyclic) bond motifs is 1. The number of carbonyl (C=O) groups excluding carboxylic acids is 2. The molecule has 0 fully saturated rings. The van der Waals surface area contributed by atoms with Crippen molar-refractivity contribution in [2.75, 3.05) is 5.32 Å². The number of carbonyl (C=O) groups is 2. The van der Waals surface area contributed by atoms with Crippen molar-refractivity contribution >= 4 is 40.5 Å². The van der Waals surface area contributed by atoms with E-state index in [4.69, 9.17) is 21.1 Å². The van der Waals surface area contributed by atoms with Crippen molar-refractivity contribution < 1.29 is 19.1 Å². The van der Waals surface area contributed by atoms with Gasteiger partial charge in [-0.2, -0.15) is 0 Å². The van der Waals surface area contributed by atoms with Gasteiger partial charge in [0.05, 0.1) is 0 Å². The molecule has 1 aromatic heterocycles. The van der Waals surface area contributed by atoms with E-state index in [9.17, 15) is 9.59 Å². The van der Waals surface area contributed by atoms with Gasteiger partial charge in [-0.3, -0.25) is 4.79 Å². The number of anilines is 1. The van der Waals surface area contributed by atoms with Crippen molar-refractivity contribution in [1.29, 1.82) is 0 Å². The molecular formula is C20H15ClN2O4S. The molecule has 0 radical (unpaired) electrons. The van der Waals surface area contributed by atoms with E-state index in [1.165, 1.54) is 11.3 Å². The smallest absolute Gasteiger partial charge is 0.363 e. The molecule has 1 aliphatic heterocycles. The van der Waals surface area contributed by atoms with Crippen LogP contribution in [0.2, 0.25) is 5.02 Å². The zero-order valence-corrected chi connectivity index (χ0v) is 16.2. The summed E-state index contributed by atoms with van der Waals surface area (Å²) >= 11 is 7.17. The zero-order chi connectivity index (χ0) is 19.5. The van der Waals surface area contributed by atoms with Gasteiger partial charge in [-0.1, -0.05) is 11.6 Å². The molecule has 0 saturated carbocycles. The number of esters is 1. The molecule has 0 saturated heterocycles. The van der Waals surface area contributed by atoms with E-state index >= 15 is 0 Å². The Morgan fingerprint density at radius 3 is 2.75 bits per heavy atom. The van der Waals surface area contributed by atoms with Crippen molar-refractivity contribution in [3.05, 3.63) is 69.1 Å². The van der Waals surface area contributed by atoms with Gasteiger partial charge in [0.2, 0.25) is 5.91 Å². The Kier molecular flexibility index (Phi) is 5.27. The molecule has 0 spiro atoms. The van der Waals surface area contributed by atoms with E-state index in [2.05, 4.69) is 10.3 Å². The lowest BCUT2D eigenvalue weighted by Crippen LogP contribution is -2.19. The van der Waals surface area contributed by atoms with Gasteiger partial charge in [0.25, 0.3) is 0 Å². The average Bonchev–Trinajstić information content (AvgIpc) is 3.17. The number of hydrogen-bond donors (Lipinski definition) is 1. The summed E-state index contributed by atoms with van der Waals surface area (Å²) < 4.78 is 11.1. The fourth-order valence-electron chi connectivity index (χ4n) is 2.73. The van der Waals surface area contributed by atoms with Gasteiger partial charge in [0.15, 0.2) is 5.69 Å². The maximum absolute atomic E-state index is 12.4. The molecule has 142 valence electrons. The minimum atomic E-state index is -0.534. The summed E-state index contributed by atoms with van der Waals surface area (Å²) in [6.07, 6.45) is 1.04. The number of ether oxygens (including phenoxy) is 2. The van der Waals surface area contributed by atoms with Crippen molar-refractivity contribution in [2.24, 2.45) is 0 Å². The SMILES string of the molecule is O=C1CCc2cc(OC(=O)c3csc(COc4ccc(Cl)cc4)n3)ccc2N1. The van der Waals surface area contributed by atoms with Gasteiger partial charge < -0.3 is 14.8 Å². The number of rotatable bonds is 5. The van der Waals surface area contributed by atoms with Gasteiger partial charge in [-0.05, 0) is 54.4 Å². The summed E-state index contributed by atoms with van der Waals surface area (Å²) in [4.78, 5) is 28.0. The molecule has 0 unspecified atom stereocenters. The maximum Gasteiger partial charge on any atom is 0.363 e. The Morgan fingerprint density at radius 2 is 1.93 bits per heavy atom. The predicted octanol–water partition coefficient (Wildman–Crippen LogP) is 4.48. The van der Waals surface area contributed by atoms with Crippen LogP contribution < -0.4 is 14.8 Å². The van der Waals surface area contributed by atoms with E-state index in [1.54, 1.807) is 47.8 Å². The molecule has 2 aromatic carbocycles. The first-order chi connectivity index (χ1) is 13.6. The van der Waals surface area contributed by atoms with E-state index in [-0.39, 0.29) is 18.2 Å². The number of benzene rings is 2. The lowest BCUT2D eigenvalue weighted by molar-refractivity contribution is -0.116. The fraction of sp³-hybridized carbons (Fsp3) is 0.150. The van der Waals surface area contributed by atoms with E-state index < -0.39 is 5.97 Å². The van der Waals surface area contributed by atoms with E-state index in [0.29, 0.717) is 34.4 Å². The third kappa shape index (κ3) is 4.32. The number of nitrogens with zero attached hydrogens (tertiary/aromatic N) is 1. The van der Waals surface area contributed by atoms with Crippen molar-refractivity contribution in [3.8, 4) is 11.5 Å². The molecule has 0 atom stereocenters. The minimum Gasteiger partial charge on any atom is -0.486 e. The van der Waals surface area contributed by atoms with E-state index in [0.717, 1.165) is 11.3 Å². The van der Waals surface area contributed by atoms with Crippen LogP contribution in [0.3, 0.4) is 0 Å². The number of aromatic nitrogens is 1. The molecule has 2 heterocycles. The first-order valence-electron chi connectivity index (χ1n) is 8.54. The molecule has 4 rings (SSSR count). The fourth-order valence-corrected chi connectivity index (χ4v) is 3.53. The topological polar surface area (TPSA) is 77.5 Å². The maximum atomic E-state index is 12.4. The molecule has 8 heteroatoms. The number of nitrogens with one attached hydrogen (secondary N) is 1. The van der Waals surface area contributed by atoms with Crippen molar-refractivity contribution in [2.45, 2.75) is 19.4 Å². The Hall–Kier alpha value is -2.90. The van der Waals surface area contributed by atoms with Gasteiger partial charge in [0, 0.05) is 22.5 Å². The van der Waals surface area contributed by atoms with Gasteiger partial charge >= 0.3 is 5.97 Å². The van der Waals surface area contributed by atoms with Gasteiger partial charge in [-0.15, -0.1) is 11.3 Å². The summed E-state index contributed by atoms with van der Waals surface area (Å²) in [6, 6.07) is 12.2. The summed E-state index contributed by atoms with van der Waals surface area (Å²) in [5, 5.41) is 5.73. The largest absolute Gasteiger partial charge is 0.486 e. The number of thiazole rings is 1. The normalized spacial score (nSPS) is 12.8. The van der Waals surface area contributed by atoms with Crippen LogP contribution in [0.4, 0.5) is 5.69 Å². The Balaban J connectivity index is 1.38. The number of aryl methyl sites for hydroxylation is 1. The summed E-state index contributed by atoms with van der Waals surface area (Å²) in [7, 11) is 0. The third-order valence-electron chi connectivity index (χ3n) is 4.12. The lowest BCUT2D eigenvalue weighted by atomic mass is 10.0. The second-order valence-corrected chi connectivity index (χ2v) is 7.50. The highest BCUT2D eigenvalue weighted by molar-refractivity contribution is 7.09. The molecule has 1 aliphatic rings. The van der Waals surface area contributed by atoms with Crippen LogP contribution in [0.15, 0.2) is 47.8 Å². The number of halogens is 1. The summed E-state index contributed by atoms with van der Waals surface area (Å²) in [5.41, 5.74) is 1.93. The lowest BCUT2D eigenvalue weighted by Gasteiger charge is -2.17. The van der Waals surface area contributed by atoms with Crippen LogP contribution in [-0.2, 0) is 17.8 Å². The monoisotopic (exact) mass is 414 g/mol. The van der Waals surface area contributed by atoms with E-state index in [1.807, 2.05) is 0 Å². The first kappa shape index (κ1) is 18.5. The molecule has 0 aliphatic carbocycles. The average molecular weight is 415 g/mol. The quantitative estimate of drug-likeness (QED) is 0.492. The summed E-state index contributed by atoms with van der Waals surface area (Å²) in [5.74, 6) is 0.554. The zero-order valence-electron chi connectivity index (χ0n) is 14.6. The molecule has 6 nitrogen and oxygen atoms in total. The third-order valence-corrected chi connectivity index (χ3v) is 5.19. The Bertz CT molecular complexity index is 1030. The number of hydrogen-bond acceptors (Lipinski definition) is 6. The highest BCUT2D eigenvalue weighted by Crippen LogP contribution is 2.27. The second kappa shape index (κ2) is 8.00. The molecule has 28 heavy (non-hydrogen) atoms.